The summed E-state index contributed by atoms with van der Waals surface area (Å²) in [5.74, 6) is 0.404. The number of likely N-dealkylation sites (tertiary alicyclic amines) is 1. The second-order valence-corrected chi connectivity index (χ2v) is 10.4. The molecule has 0 spiro atoms. The maximum Gasteiger partial charge on any atom is 0.253 e. The third-order valence-electron chi connectivity index (χ3n) is 5.28. The van der Waals surface area contributed by atoms with Gasteiger partial charge in [0, 0.05) is 24.6 Å². The van der Waals surface area contributed by atoms with Crippen molar-refractivity contribution in [1.29, 1.82) is 0 Å². The van der Waals surface area contributed by atoms with Crippen LogP contribution in [0.5, 0.6) is 0 Å². The molecule has 1 amide bonds. The highest BCUT2D eigenvalue weighted by molar-refractivity contribution is 7.91. The van der Waals surface area contributed by atoms with Crippen LogP contribution in [0.3, 0.4) is 0 Å². The summed E-state index contributed by atoms with van der Waals surface area (Å²) >= 11 is 1.74. The summed E-state index contributed by atoms with van der Waals surface area (Å²) in [6.07, 6.45) is 1.79. The van der Waals surface area contributed by atoms with Crippen LogP contribution in [-0.4, -0.2) is 43.1 Å². The van der Waals surface area contributed by atoms with Gasteiger partial charge in [0.25, 0.3) is 5.91 Å². The van der Waals surface area contributed by atoms with E-state index in [1.807, 2.05) is 23.1 Å². The molecule has 1 aromatic heterocycles. The first-order valence-electron chi connectivity index (χ1n) is 9.45. The van der Waals surface area contributed by atoms with Crippen LogP contribution in [0.1, 0.15) is 41.0 Å². The lowest BCUT2D eigenvalue weighted by molar-refractivity contribution is 0.0713. The average Bonchev–Trinajstić information content (AvgIpc) is 3.18. The van der Waals surface area contributed by atoms with Crippen molar-refractivity contribution in [2.24, 2.45) is 0 Å². The zero-order valence-electron chi connectivity index (χ0n) is 15.7. The summed E-state index contributed by atoms with van der Waals surface area (Å²) in [7, 11) is -3.25. The molecule has 3 aromatic rings. The minimum atomic E-state index is -3.25. The molecule has 146 valence electrons. The normalized spacial score (nSPS) is 15.8. The number of thiazole rings is 1. The number of carbonyl (C=O) groups excluding carboxylic acids is 1. The van der Waals surface area contributed by atoms with E-state index in [0.717, 1.165) is 23.4 Å². The monoisotopic (exact) mass is 414 g/mol. The molecule has 4 rings (SSSR count). The van der Waals surface area contributed by atoms with Gasteiger partial charge in [-0.1, -0.05) is 19.1 Å². The highest BCUT2D eigenvalue weighted by atomic mass is 32.2. The Hall–Kier alpha value is -2.25. The molecule has 1 aliphatic heterocycles. The maximum atomic E-state index is 12.8. The van der Waals surface area contributed by atoms with E-state index in [2.05, 4.69) is 6.07 Å². The summed E-state index contributed by atoms with van der Waals surface area (Å²) in [5.41, 5.74) is 1.58. The van der Waals surface area contributed by atoms with Crippen LogP contribution in [0.25, 0.3) is 10.2 Å². The average molecular weight is 415 g/mol. The van der Waals surface area contributed by atoms with Gasteiger partial charge in [-0.15, -0.1) is 11.3 Å². The number of rotatable bonds is 4. The van der Waals surface area contributed by atoms with Crippen LogP contribution >= 0.6 is 11.3 Å². The number of piperidine rings is 1. The van der Waals surface area contributed by atoms with Crippen LogP contribution in [-0.2, 0) is 9.84 Å². The summed E-state index contributed by atoms with van der Waals surface area (Å²) in [4.78, 5) is 19.7. The third-order valence-corrected chi connectivity index (χ3v) is 8.23. The molecule has 2 heterocycles. The molecule has 0 aliphatic carbocycles. The van der Waals surface area contributed by atoms with Crippen molar-refractivity contribution >= 4 is 37.3 Å². The molecule has 5 nitrogen and oxygen atoms in total. The topological polar surface area (TPSA) is 67.3 Å². The van der Waals surface area contributed by atoms with Gasteiger partial charge >= 0.3 is 0 Å². The van der Waals surface area contributed by atoms with Gasteiger partial charge in [-0.05, 0) is 49.2 Å². The first-order chi connectivity index (χ1) is 13.5. The molecule has 1 aliphatic rings. The first kappa shape index (κ1) is 19.1. The molecule has 7 heteroatoms. The van der Waals surface area contributed by atoms with E-state index < -0.39 is 9.84 Å². The summed E-state index contributed by atoms with van der Waals surface area (Å²) < 4.78 is 25.0. The molecule has 1 saturated heterocycles. The van der Waals surface area contributed by atoms with Crippen molar-refractivity contribution in [2.75, 3.05) is 18.8 Å². The van der Waals surface area contributed by atoms with Gasteiger partial charge in [0.15, 0.2) is 9.84 Å². The Labute approximate surface area is 168 Å². The number of carbonyl (C=O) groups is 1. The summed E-state index contributed by atoms with van der Waals surface area (Å²) in [6, 6.07) is 14.5. The Kier molecular flexibility index (Phi) is 5.21. The van der Waals surface area contributed by atoms with Gasteiger partial charge in [0.1, 0.15) is 0 Å². The summed E-state index contributed by atoms with van der Waals surface area (Å²) in [5, 5.41) is 1.16. The number of fused-ring (bicyclic) bond motifs is 1. The van der Waals surface area contributed by atoms with Crippen molar-refractivity contribution in [3.63, 3.8) is 0 Å². The van der Waals surface area contributed by atoms with Crippen molar-refractivity contribution in [3.05, 3.63) is 59.1 Å². The van der Waals surface area contributed by atoms with E-state index in [1.165, 1.54) is 16.8 Å². The van der Waals surface area contributed by atoms with Gasteiger partial charge in [0.05, 0.1) is 25.9 Å². The minimum absolute atomic E-state index is 0.0387. The van der Waals surface area contributed by atoms with Gasteiger partial charge in [-0.2, -0.15) is 0 Å². The fraction of sp³-hybridized carbons (Fsp3) is 0.333. The molecule has 0 saturated carbocycles. The number of nitrogens with zero attached hydrogens (tertiary/aromatic N) is 2. The Morgan fingerprint density at radius 1 is 1.11 bits per heavy atom. The van der Waals surface area contributed by atoms with Gasteiger partial charge in [-0.3, -0.25) is 4.79 Å². The summed E-state index contributed by atoms with van der Waals surface area (Å²) in [6.45, 7) is 2.99. The van der Waals surface area contributed by atoms with Crippen LogP contribution in [0.2, 0.25) is 0 Å². The lowest BCUT2D eigenvalue weighted by Crippen LogP contribution is -2.37. The SMILES string of the molecule is CCS(=O)(=O)c1ccc(C(=O)N2CCC(c3nc4ccccc4s3)CC2)cc1. The molecule has 0 unspecified atom stereocenters. The zero-order chi connectivity index (χ0) is 19.7. The van der Waals surface area contributed by atoms with Crippen LogP contribution in [0, 0.1) is 0 Å². The van der Waals surface area contributed by atoms with Crippen molar-refractivity contribution < 1.29 is 13.2 Å². The van der Waals surface area contributed by atoms with E-state index in [4.69, 9.17) is 4.98 Å². The Bertz CT molecular complexity index is 1060. The van der Waals surface area contributed by atoms with E-state index in [1.54, 1.807) is 30.4 Å². The zero-order valence-corrected chi connectivity index (χ0v) is 17.3. The van der Waals surface area contributed by atoms with Crippen LogP contribution < -0.4 is 0 Å². The van der Waals surface area contributed by atoms with Crippen LogP contribution in [0.4, 0.5) is 0 Å². The third kappa shape index (κ3) is 3.69. The van der Waals surface area contributed by atoms with Gasteiger partial charge in [0.2, 0.25) is 0 Å². The highest BCUT2D eigenvalue weighted by Gasteiger charge is 2.26. The van der Waals surface area contributed by atoms with E-state index >= 15 is 0 Å². The molecule has 28 heavy (non-hydrogen) atoms. The van der Waals surface area contributed by atoms with Crippen LogP contribution in [0.15, 0.2) is 53.4 Å². The second-order valence-electron chi connectivity index (χ2n) is 7.01. The number of hydrogen-bond donors (Lipinski definition) is 0. The fourth-order valence-electron chi connectivity index (χ4n) is 3.55. The number of hydrogen-bond acceptors (Lipinski definition) is 5. The molecule has 0 atom stereocenters. The van der Waals surface area contributed by atoms with Crippen molar-refractivity contribution in [2.45, 2.75) is 30.6 Å². The molecule has 2 aromatic carbocycles. The van der Waals surface area contributed by atoms with E-state index in [0.29, 0.717) is 24.6 Å². The molecular weight excluding hydrogens is 392 g/mol. The van der Waals surface area contributed by atoms with Gasteiger partial charge < -0.3 is 4.90 Å². The molecule has 0 bridgehead atoms. The highest BCUT2D eigenvalue weighted by Crippen LogP contribution is 2.34. The minimum Gasteiger partial charge on any atom is -0.339 e. The van der Waals surface area contributed by atoms with Gasteiger partial charge in [-0.25, -0.2) is 13.4 Å². The number of aromatic nitrogens is 1. The lowest BCUT2D eigenvalue weighted by atomic mass is 9.97. The number of para-hydroxylation sites is 1. The molecular formula is C21H22N2O3S2. The van der Waals surface area contributed by atoms with E-state index in [9.17, 15) is 13.2 Å². The Balaban J connectivity index is 1.42. The van der Waals surface area contributed by atoms with Crippen molar-refractivity contribution in [1.82, 2.24) is 9.88 Å². The predicted molar refractivity (Wildman–Crippen MR) is 112 cm³/mol. The predicted octanol–water partition coefficient (Wildman–Crippen LogP) is 4.11. The second kappa shape index (κ2) is 7.64. The van der Waals surface area contributed by atoms with Crippen molar-refractivity contribution in [3.8, 4) is 0 Å². The quantitative estimate of drug-likeness (QED) is 0.644. The first-order valence-corrected chi connectivity index (χ1v) is 11.9. The smallest absolute Gasteiger partial charge is 0.253 e. The molecule has 0 radical (unpaired) electrons. The fourth-order valence-corrected chi connectivity index (χ4v) is 5.57. The molecule has 0 N–H and O–H groups in total. The molecule has 1 fully saturated rings. The number of amides is 1. The standard InChI is InChI=1S/C21H22N2O3S2/c1-2-28(25,26)17-9-7-16(8-10-17)21(24)23-13-11-15(12-14-23)20-22-18-5-3-4-6-19(18)27-20/h3-10,15H,2,11-14H2,1H3. The van der Waals surface area contributed by atoms with E-state index in [-0.39, 0.29) is 16.6 Å². The number of benzene rings is 2. The Morgan fingerprint density at radius 3 is 2.43 bits per heavy atom. The Morgan fingerprint density at radius 2 is 1.79 bits per heavy atom. The maximum absolute atomic E-state index is 12.8. The largest absolute Gasteiger partial charge is 0.339 e. The number of sulfone groups is 1. The lowest BCUT2D eigenvalue weighted by Gasteiger charge is -2.31.